The first-order valence-corrected chi connectivity index (χ1v) is 9.51. The van der Waals surface area contributed by atoms with E-state index in [1.54, 1.807) is 24.3 Å². The van der Waals surface area contributed by atoms with Crippen molar-refractivity contribution in [2.24, 2.45) is 0 Å². The standard InChI is InChI=1S/C17H16ClF3N2O3S/c1-23(11-12-5-3-2-4-6-12)16(24)10-22-27(25,26)13-7-8-15(18)14(9-13)17(19,20)21/h2-9,22H,10-11H2,1H3. The van der Waals surface area contributed by atoms with Crippen molar-refractivity contribution in [2.45, 2.75) is 17.6 Å². The third-order valence-corrected chi connectivity index (χ3v) is 5.38. The van der Waals surface area contributed by atoms with Crippen molar-refractivity contribution in [1.29, 1.82) is 0 Å². The second-order valence-electron chi connectivity index (χ2n) is 5.70. The number of nitrogens with one attached hydrogen (secondary N) is 1. The summed E-state index contributed by atoms with van der Waals surface area (Å²) in [5.41, 5.74) is -0.414. The smallest absolute Gasteiger partial charge is 0.340 e. The van der Waals surface area contributed by atoms with Crippen molar-refractivity contribution in [3.05, 3.63) is 64.7 Å². The maximum absolute atomic E-state index is 12.9. The zero-order valence-electron chi connectivity index (χ0n) is 14.1. The molecular formula is C17H16ClF3N2O3S. The zero-order chi connectivity index (χ0) is 20.2. The summed E-state index contributed by atoms with van der Waals surface area (Å²) < 4.78 is 65.1. The highest BCUT2D eigenvalue weighted by atomic mass is 35.5. The lowest BCUT2D eigenvalue weighted by Crippen LogP contribution is -2.37. The van der Waals surface area contributed by atoms with Gasteiger partial charge in [0.15, 0.2) is 0 Å². The van der Waals surface area contributed by atoms with E-state index in [0.717, 1.165) is 17.7 Å². The van der Waals surface area contributed by atoms with Crippen LogP contribution in [0, 0.1) is 0 Å². The maximum Gasteiger partial charge on any atom is 0.417 e. The number of benzene rings is 2. The first kappa shape index (κ1) is 21.2. The molecule has 10 heteroatoms. The SMILES string of the molecule is CN(Cc1ccccc1)C(=O)CNS(=O)(=O)c1ccc(Cl)c(C(F)(F)F)c1. The highest BCUT2D eigenvalue weighted by Crippen LogP contribution is 2.35. The summed E-state index contributed by atoms with van der Waals surface area (Å²) in [5, 5.41) is -0.611. The number of halogens is 4. The van der Waals surface area contributed by atoms with E-state index in [-0.39, 0.29) is 6.54 Å². The minimum absolute atomic E-state index is 0.264. The molecule has 0 saturated heterocycles. The number of carbonyl (C=O) groups excluding carboxylic acids is 1. The molecule has 0 aliphatic rings. The lowest BCUT2D eigenvalue weighted by atomic mass is 10.2. The summed E-state index contributed by atoms with van der Waals surface area (Å²) in [6.07, 6.45) is -4.80. The molecule has 5 nitrogen and oxygen atoms in total. The van der Waals surface area contributed by atoms with Gasteiger partial charge in [-0.05, 0) is 23.8 Å². The Balaban J connectivity index is 2.07. The number of alkyl halides is 3. The van der Waals surface area contributed by atoms with Crippen molar-refractivity contribution in [1.82, 2.24) is 9.62 Å². The van der Waals surface area contributed by atoms with Crippen LogP contribution in [0.1, 0.15) is 11.1 Å². The highest BCUT2D eigenvalue weighted by Gasteiger charge is 2.34. The molecule has 27 heavy (non-hydrogen) atoms. The molecule has 146 valence electrons. The summed E-state index contributed by atoms with van der Waals surface area (Å²) in [5.74, 6) is -0.535. The van der Waals surface area contributed by atoms with Gasteiger partial charge in [0.1, 0.15) is 0 Å². The van der Waals surface area contributed by atoms with E-state index in [1.807, 2.05) is 10.8 Å². The molecule has 0 spiro atoms. The van der Waals surface area contributed by atoms with Crippen molar-refractivity contribution < 1.29 is 26.4 Å². The predicted molar refractivity (Wildman–Crippen MR) is 94.6 cm³/mol. The second-order valence-corrected chi connectivity index (χ2v) is 7.87. The average molecular weight is 421 g/mol. The van der Waals surface area contributed by atoms with Gasteiger partial charge in [0, 0.05) is 13.6 Å². The van der Waals surface area contributed by atoms with Gasteiger partial charge in [-0.15, -0.1) is 0 Å². The molecule has 0 aliphatic carbocycles. The fourth-order valence-electron chi connectivity index (χ4n) is 2.21. The van der Waals surface area contributed by atoms with Gasteiger partial charge in [-0.25, -0.2) is 13.1 Å². The van der Waals surface area contributed by atoms with E-state index in [2.05, 4.69) is 0 Å². The van der Waals surface area contributed by atoms with Gasteiger partial charge >= 0.3 is 6.18 Å². The Hall–Kier alpha value is -2.10. The molecule has 2 aromatic carbocycles. The summed E-state index contributed by atoms with van der Waals surface area (Å²) in [6.45, 7) is -0.323. The van der Waals surface area contributed by atoms with E-state index in [1.165, 1.54) is 11.9 Å². The van der Waals surface area contributed by atoms with Crippen LogP contribution in [0.5, 0.6) is 0 Å². The molecule has 0 aliphatic heterocycles. The number of sulfonamides is 1. The number of hydrogen-bond acceptors (Lipinski definition) is 3. The first-order chi connectivity index (χ1) is 12.5. The van der Waals surface area contributed by atoms with E-state index in [0.29, 0.717) is 6.07 Å². The molecule has 0 unspecified atom stereocenters. The van der Waals surface area contributed by atoms with Gasteiger partial charge < -0.3 is 4.90 Å². The maximum atomic E-state index is 12.9. The lowest BCUT2D eigenvalue weighted by Gasteiger charge is -2.18. The van der Waals surface area contributed by atoms with Crippen LogP contribution < -0.4 is 4.72 Å². The summed E-state index contributed by atoms with van der Waals surface area (Å²) in [7, 11) is -2.82. The van der Waals surface area contributed by atoms with E-state index in [9.17, 15) is 26.4 Å². The molecule has 0 atom stereocenters. The number of nitrogens with zero attached hydrogens (tertiary/aromatic N) is 1. The van der Waals surface area contributed by atoms with Gasteiger partial charge in [0.05, 0.1) is 22.0 Å². The Bertz CT molecular complexity index is 919. The van der Waals surface area contributed by atoms with Crippen LogP contribution in [0.4, 0.5) is 13.2 Å². The Labute approximate surface area is 159 Å². The summed E-state index contributed by atoms with van der Waals surface area (Å²) in [6, 6.07) is 11.3. The Morgan fingerprint density at radius 2 is 1.78 bits per heavy atom. The molecule has 0 heterocycles. The molecule has 1 amide bonds. The molecule has 0 radical (unpaired) electrons. The lowest BCUT2D eigenvalue weighted by molar-refractivity contribution is -0.137. The molecule has 2 rings (SSSR count). The molecular weight excluding hydrogens is 405 g/mol. The van der Waals surface area contributed by atoms with E-state index in [4.69, 9.17) is 11.6 Å². The van der Waals surface area contributed by atoms with Gasteiger partial charge in [0.2, 0.25) is 15.9 Å². The van der Waals surface area contributed by atoms with Gasteiger partial charge in [-0.3, -0.25) is 4.79 Å². The number of amides is 1. The topological polar surface area (TPSA) is 66.5 Å². The Morgan fingerprint density at radius 3 is 2.37 bits per heavy atom. The molecule has 1 N–H and O–H groups in total. The molecule has 0 fully saturated rings. The number of carbonyl (C=O) groups is 1. The Kier molecular flexibility index (Phi) is 6.50. The van der Waals surface area contributed by atoms with Crippen molar-refractivity contribution in [3.8, 4) is 0 Å². The minimum atomic E-state index is -4.80. The zero-order valence-corrected chi connectivity index (χ0v) is 15.7. The van der Waals surface area contributed by atoms with Gasteiger partial charge in [-0.2, -0.15) is 13.2 Å². The molecule has 0 bridgehead atoms. The van der Waals surface area contributed by atoms with Crippen LogP contribution in [-0.2, 0) is 27.5 Å². The Morgan fingerprint density at radius 1 is 1.15 bits per heavy atom. The van der Waals surface area contributed by atoms with Crippen LogP contribution in [0.15, 0.2) is 53.4 Å². The quantitative estimate of drug-likeness (QED) is 0.779. The van der Waals surface area contributed by atoms with E-state index < -0.39 is 44.1 Å². The molecule has 2 aromatic rings. The van der Waals surface area contributed by atoms with Crippen LogP contribution in [0.2, 0.25) is 5.02 Å². The van der Waals surface area contributed by atoms with Crippen molar-refractivity contribution in [2.75, 3.05) is 13.6 Å². The van der Waals surface area contributed by atoms with Crippen molar-refractivity contribution in [3.63, 3.8) is 0 Å². The van der Waals surface area contributed by atoms with Gasteiger partial charge in [0.25, 0.3) is 0 Å². The summed E-state index contributed by atoms with van der Waals surface area (Å²) >= 11 is 5.48. The van der Waals surface area contributed by atoms with E-state index >= 15 is 0 Å². The molecule has 0 saturated carbocycles. The second kappa shape index (κ2) is 8.28. The normalized spacial score (nSPS) is 12.0. The average Bonchev–Trinajstić information content (AvgIpc) is 2.59. The largest absolute Gasteiger partial charge is 0.417 e. The van der Waals surface area contributed by atoms with Crippen molar-refractivity contribution >= 4 is 27.5 Å². The van der Waals surface area contributed by atoms with Gasteiger partial charge in [-0.1, -0.05) is 41.9 Å². The minimum Gasteiger partial charge on any atom is -0.340 e. The number of likely N-dealkylation sites (N-methyl/N-ethyl adjacent to an activating group) is 1. The third-order valence-electron chi connectivity index (χ3n) is 3.66. The fraction of sp³-hybridized carbons (Fsp3) is 0.235. The first-order valence-electron chi connectivity index (χ1n) is 7.65. The van der Waals surface area contributed by atoms with Crippen LogP contribution in [0.3, 0.4) is 0 Å². The van der Waals surface area contributed by atoms with Crippen LogP contribution in [0.25, 0.3) is 0 Å². The monoisotopic (exact) mass is 420 g/mol. The summed E-state index contributed by atoms with van der Waals surface area (Å²) in [4.78, 5) is 12.8. The van der Waals surface area contributed by atoms with Crippen LogP contribution in [-0.4, -0.2) is 32.8 Å². The number of hydrogen-bond donors (Lipinski definition) is 1. The van der Waals surface area contributed by atoms with Crippen LogP contribution >= 0.6 is 11.6 Å². The molecule has 0 aromatic heterocycles. The fourth-order valence-corrected chi connectivity index (χ4v) is 3.43. The predicted octanol–water partition coefficient (Wildman–Crippen LogP) is 3.30. The number of rotatable bonds is 6. The third kappa shape index (κ3) is 5.69. The highest BCUT2D eigenvalue weighted by molar-refractivity contribution is 7.89.